The van der Waals surface area contributed by atoms with E-state index in [1.165, 1.54) is 11.0 Å². The lowest BCUT2D eigenvalue weighted by Crippen LogP contribution is -2.57. The third-order valence-electron chi connectivity index (χ3n) is 3.25. The molecule has 0 aliphatic rings. The van der Waals surface area contributed by atoms with Crippen molar-refractivity contribution in [3.05, 3.63) is 29.6 Å². The van der Waals surface area contributed by atoms with Gasteiger partial charge in [-0.05, 0) is 24.1 Å². The van der Waals surface area contributed by atoms with Crippen molar-refractivity contribution in [3.63, 3.8) is 0 Å². The van der Waals surface area contributed by atoms with Crippen molar-refractivity contribution >= 4 is 18.3 Å². The average molecular weight is 345 g/mol. The van der Waals surface area contributed by atoms with E-state index in [4.69, 9.17) is 24.5 Å². The highest BCUT2D eigenvalue weighted by Gasteiger charge is 2.16. The summed E-state index contributed by atoms with van der Waals surface area (Å²) < 4.78 is 20.7. The molecular formula is C14H21ClN4O4. The van der Waals surface area contributed by atoms with Gasteiger partial charge in [0.15, 0.2) is 11.5 Å². The molecule has 0 amide bonds. The van der Waals surface area contributed by atoms with Crippen LogP contribution in [0.25, 0.3) is 5.73 Å². The van der Waals surface area contributed by atoms with Crippen LogP contribution in [-0.4, -0.2) is 40.2 Å². The van der Waals surface area contributed by atoms with E-state index in [2.05, 4.69) is 5.27 Å². The topological polar surface area (TPSA) is 84.6 Å². The van der Waals surface area contributed by atoms with E-state index in [1.807, 2.05) is 24.2 Å². The molecule has 8 nitrogen and oxygen atoms in total. The zero-order valence-electron chi connectivity index (χ0n) is 13.5. The Morgan fingerprint density at radius 2 is 1.78 bits per heavy atom. The third kappa shape index (κ3) is 4.32. The molecule has 9 heteroatoms. The van der Waals surface area contributed by atoms with Crippen LogP contribution < -0.4 is 24.0 Å². The number of rotatable bonds is 7. The van der Waals surface area contributed by atoms with Crippen LogP contribution in [0.1, 0.15) is 5.56 Å². The van der Waals surface area contributed by atoms with Gasteiger partial charge in [-0.2, -0.15) is 5.01 Å². The van der Waals surface area contributed by atoms with Crippen molar-refractivity contribution in [1.82, 2.24) is 5.27 Å². The lowest BCUT2D eigenvalue weighted by Gasteiger charge is -2.14. The Labute approximate surface area is 141 Å². The summed E-state index contributed by atoms with van der Waals surface area (Å²) in [5, 5.41) is 5.57. The molecular weight excluding hydrogens is 324 g/mol. The van der Waals surface area contributed by atoms with Crippen molar-refractivity contribution in [2.45, 2.75) is 6.42 Å². The van der Waals surface area contributed by atoms with Crippen molar-refractivity contribution in [2.24, 2.45) is 0 Å². The Morgan fingerprint density at radius 3 is 2.22 bits per heavy atom. The highest BCUT2D eigenvalue weighted by atomic mass is 35.5. The number of benzene rings is 1. The number of methoxy groups -OCH3 is 3. The number of nitrogens with one attached hydrogen (secondary N) is 1. The van der Waals surface area contributed by atoms with Crippen LogP contribution >= 0.6 is 12.4 Å². The maximum atomic E-state index is 7.33. The van der Waals surface area contributed by atoms with Gasteiger partial charge in [0.05, 0.1) is 39.7 Å². The van der Waals surface area contributed by atoms with Crippen LogP contribution in [0.2, 0.25) is 0 Å². The number of aromatic nitrogens is 2. The highest BCUT2D eigenvalue weighted by molar-refractivity contribution is 5.85. The number of likely N-dealkylation sites (N-methyl/N-ethyl adjacent to an activating group) is 1. The number of hydrogen-bond acceptors (Lipinski definition) is 6. The molecule has 2 aromatic rings. The Balaban J connectivity index is 0.00000264. The molecule has 0 unspecified atom stereocenters. The van der Waals surface area contributed by atoms with Gasteiger partial charge in [-0.25, -0.2) is 0 Å². The van der Waals surface area contributed by atoms with Gasteiger partial charge in [-0.3, -0.25) is 0 Å². The first-order valence-corrected chi connectivity index (χ1v) is 6.69. The smallest absolute Gasteiger partial charge is 0.256 e. The molecule has 0 radical (unpaired) electrons. The predicted octanol–water partition coefficient (Wildman–Crippen LogP) is 1.90. The highest BCUT2D eigenvalue weighted by Crippen LogP contribution is 2.38. The fraction of sp³-hybridized carbons (Fsp3) is 0.429. The fourth-order valence-electron chi connectivity index (χ4n) is 2.07. The molecule has 1 heterocycles. The normalized spacial score (nSPS) is 9.91. The summed E-state index contributed by atoms with van der Waals surface area (Å²) >= 11 is 0. The van der Waals surface area contributed by atoms with E-state index in [-0.39, 0.29) is 18.3 Å². The van der Waals surface area contributed by atoms with Crippen LogP contribution in [0.5, 0.6) is 17.2 Å². The molecule has 2 rings (SSSR count). The van der Waals surface area contributed by atoms with Crippen LogP contribution in [-0.2, 0) is 6.42 Å². The molecule has 0 fully saturated rings. The lowest BCUT2D eigenvalue weighted by molar-refractivity contribution is -0.755. The van der Waals surface area contributed by atoms with Gasteiger partial charge in [0, 0.05) is 0 Å². The largest absolute Gasteiger partial charge is 0.660 e. The summed E-state index contributed by atoms with van der Waals surface area (Å²) in [4.78, 5) is 1.49. The molecule has 0 atom stereocenters. The van der Waals surface area contributed by atoms with Crippen molar-refractivity contribution < 1.29 is 23.5 Å². The molecule has 1 N–H and O–H groups in total. The predicted molar refractivity (Wildman–Crippen MR) is 86.7 cm³/mol. The third-order valence-corrected chi connectivity index (χ3v) is 3.25. The molecule has 1 aromatic heterocycles. The van der Waals surface area contributed by atoms with Gasteiger partial charge in [-0.15, -0.1) is 12.4 Å². The van der Waals surface area contributed by atoms with Gasteiger partial charge >= 0.3 is 0 Å². The minimum Gasteiger partial charge on any atom is -0.660 e. The Hall–Kier alpha value is -2.35. The quantitative estimate of drug-likeness (QED) is 0.713. The summed E-state index contributed by atoms with van der Waals surface area (Å²) in [5.74, 6) is 1.84. The summed E-state index contributed by atoms with van der Waals surface area (Å²) in [5.41, 5.74) is 8.37. The van der Waals surface area contributed by atoms with Crippen LogP contribution in [0, 0.1) is 0 Å². The van der Waals surface area contributed by atoms with Crippen molar-refractivity contribution in [1.29, 1.82) is 0 Å². The van der Waals surface area contributed by atoms with Crippen LogP contribution in [0.3, 0.4) is 0 Å². The second-order valence-electron chi connectivity index (χ2n) is 4.65. The molecule has 0 saturated heterocycles. The Bertz CT molecular complexity index is 610. The Kier molecular flexibility index (Phi) is 6.77. The first kappa shape index (κ1) is 18.7. The molecule has 0 saturated carbocycles. The van der Waals surface area contributed by atoms with E-state index < -0.39 is 0 Å². The van der Waals surface area contributed by atoms with Gasteiger partial charge in [0.25, 0.3) is 6.20 Å². The number of nitrogens with zero attached hydrogens (tertiary/aromatic N) is 3. The van der Waals surface area contributed by atoms with Crippen LogP contribution in [0.15, 0.2) is 22.9 Å². The summed E-state index contributed by atoms with van der Waals surface area (Å²) in [7, 11) is 6.62. The second-order valence-corrected chi connectivity index (χ2v) is 4.65. The minimum absolute atomic E-state index is 0. The lowest BCUT2D eigenvalue weighted by atomic mass is 10.1. The van der Waals surface area contributed by atoms with E-state index in [9.17, 15) is 0 Å². The van der Waals surface area contributed by atoms with Crippen molar-refractivity contribution in [2.75, 3.05) is 39.9 Å². The van der Waals surface area contributed by atoms with E-state index >= 15 is 0 Å². The van der Waals surface area contributed by atoms with Gasteiger partial charge in [0.1, 0.15) is 5.88 Å². The van der Waals surface area contributed by atoms with Gasteiger partial charge < -0.3 is 24.5 Å². The van der Waals surface area contributed by atoms with Gasteiger partial charge in [0.2, 0.25) is 11.0 Å². The zero-order chi connectivity index (χ0) is 16.1. The maximum Gasteiger partial charge on any atom is 0.256 e. The summed E-state index contributed by atoms with van der Waals surface area (Å²) in [6.07, 6.45) is 2.23. The zero-order valence-corrected chi connectivity index (χ0v) is 14.3. The molecule has 0 aliphatic carbocycles. The fourth-order valence-corrected chi connectivity index (χ4v) is 2.07. The SMILES string of the molecule is COc1cc(CCN(C)[n+]2cc([NH-])on2)cc(OC)c1OC.Cl. The second kappa shape index (κ2) is 8.33. The molecule has 23 heavy (non-hydrogen) atoms. The number of halogens is 1. The van der Waals surface area contributed by atoms with E-state index in [0.29, 0.717) is 23.8 Å². The standard InChI is InChI=1S/C14H20N4O4.ClH/c1-17(18-9-13(15)22-16-18)6-5-10-7-11(19-2)14(21-4)12(8-10)20-3;/h7-9,15H,5-6H2,1-4H3;1H. The first-order valence-electron chi connectivity index (χ1n) is 6.69. The molecule has 0 spiro atoms. The van der Waals surface area contributed by atoms with E-state index in [1.54, 1.807) is 21.3 Å². The Morgan fingerprint density at radius 1 is 1.17 bits per heavy atom. The molecule has 0 bridgehead atoms. The first-order chi connectivity index (χ1) is 10.6. The monoisotopic (exact) mass is 344 g/mol. The number of hydrogen-bond donors (Lipinski definition) is 0. The number of ether oxygens (including phenoxy) is 3. The molecule has 0 aliphatic heterocycles. The van der Waals surface area contributed by atoms with E-state index in [0.717, 1.165) is 12.0 Å². The molecule has 1 aromatic carbocycles. The van der Waals surface area contributed by atoms with Crippen molar-refractivity contribution in [3.8, 4) is 17.2 Å². The average Bonchev–Trinajstić information content (AvgIpc) is 2.97. The van der Waals surface area contributed by atoms with Gasteiger partial charge in [-0.1, -0.05) is 0 Å². The van der Waals surface area contributed by atoms with Crippen LogP contribution in [0.4, 0.5) is 5.88 Å². The summed E-state index contributed by atoms with van der Waals surface area (Å²) in [6, 6.07) is 3.83. The maximum absolute atomic E-state index is 7.33. The molecule has 128 valence electrons. The minimum atomic E-state index is 0. The summed E-state index contributed by atoms with van der Waals surface area (Å²) in [6.45, 7) is 0.676.